The second-order valence-corrected chi connectivity index (χ2v) is 7.00. The monoisotopic (exact) mass is 360 g/mol. The molecule has 0 aliphatic rings. The van der Waals surface area contributed by atoms with Gasteiger partial charge in [-0.05, 0) is 53.1 Å². The van der Waals surface area contributed by atoms with E-state index in [-0.39, 0.29) is 22.4 Å². The zero-order chi connectivity index (χ0) is 18.0. The van der Waals surface area contributed by atoms with E-state index in [1.807, 2.05) is 0 Å². The van der Waals surface area contributed by atoms with Gasteiger partial charge < -0.3 is 0 Å². The van der Waals surface area contributed by atoms with Gasteiger partial charge in [0.05, 0.1) is 4.90 Å². The van der Waals surface area contributed by atoms with Crippen LogP contribution in [-0.2, 0) is 10.1 Å². The molecule has 0 aromatic heterocycles. The normalized spacial score (nSPS) is 11.7. The zero-order valence-electron chi connectivity index (χ0n) is 12.9. The second-order valence-electron chi connectivity index (χ2n) is 5.58. The van der Waals surface area contributed by atoms with Gasteiger partial charge in [0.25, 0.3) is 10.1 Å². The molecule has 0 heterocycles. The van der Waals surface area contributed by atoms with Crippen LogP contribution in [0.5, 0.6) is 0 Å². The molecule has 3 rings (SSSR count). The first kappa shape index (κ1) is 17.3. The van der Waals surface area contributed by atoms with Gasteiger partial charge in [0.2, 0.25) is 0 Å². The van der Waals surface area contributed by atoms with E-state index >= 15 is 0 Å². The van der Waals surface area contributed by atoms with Crippen LogP contribution in [0.2, 0.25) is 0 Å². The molecule has 0 saturated heterocycles. The first-order valence-electron chi connectivity index (χ1n) is 7.43. The molecule has 0 unspecified atom stereocenters. The Kier molecular flexibility index (Phi) is 4.65. The molecule has 0 saturated carbocycles. The minimum Gasteiger partial charge on any atom is -0.282 e. The van der Waals surface area contributed by atoms with Crippen molar-refractivity contribution in [1.29, 1.82) is 0 Å². The van der Waals surface area contributed by atoms with E-state index in [1.54, 1.807) is 36.4 Å². The SMILES string of the molecule is O=S(=O)(O)c1ccc(C(c2ccc(F)cc2)c2ccc(F)cc2)cc1. The molecule has 0 fully saturated rings. The standard InChI is InChI=1S/C19H14F2O3S/c20-16-7-1-13(2-8-16)19(14-3-9-17(21)10-4-14)15-5-11-18(12-6-15)25(22,23)24/h1-12,19H,(H,22,23,24). The highest BCUT2D eigenvalue weighted by molar-refractivity contribution is 7.85. The van der Waals surface area contributed by atoms with Gasteiger partial charge in [0.15, 0.2) is 0 Å². The Labute approximate surface area is 144 Å². The van der Waals surface area contributed by atoms with Gasteiger partial charge in [0, 0.05) is 5.92 Å². The highest BCUT2D eigenvalue weighted by Crippen LogP contribution is 2.32. The lowest BCUT2D eigenvalue weighted by Crippen LogP contribution is -2.05. The summed E-state index contributed by atoms with van der Waals surface area (Å²) >= 11 is 0. The minimum atomic E-state index is -4.28. The predicted octanol–water partition coefficient (Wildman–Crippen LogP) is 4.39. The van der Waals surface area contributed by atoms with E-state index < -0.39 is 10.1 Å². The molecule has 0 spiro atoms. The van der Waals surface area contributed by atoms with Gasteiger partial charge in [-0.3, -0.25) is 4.55 Å². The van der Waals surface area contributed by atoms with E-state index in [0.717, 1.165) is 16.7 Å². The van der Waals surface area contributed by atoms with Crippen LogP contribution >= 0.6 is 0 Å². The fourth-order valence-corrected chi connectivity index (χ4v) is 3.20. The third-order valence-electron chi connectivity index (χ3n) is 3.92. The van der Waals surface area contributed by atoms with E-state index in [0.29, 0.717) is 0 Å². The van der Waals surface area contributed by atoms with E-state index in [1.165, 1.54) is 36.4 Å². The van der Waals surface area contributed by atoms with Crippen molar-refractivity contribution in [2.75, 3.05) is 0 Å². The Morgan fingerprint density at radius 2 is 0.960 bits per heavy atom. The van der Waals surface area contributed by atoms with Crippen LogP contribution < -0.4 is 0 Å². The maximum absolute atomic E-state index is 13.2. The molecule has 0 bridgehead atoms. The van der Waals surface area contributed by atoms with Crippen molar-refractivity contribution >= 4 is 10.1 Å². The average molecular weight is 360 g/mol. The Morgan fingerprint density at radius 1 is 0.640 bits per heavy atom. The van der Waals surface area contributed by atoms with Gasteiger partial charge in [-0.1, -0.05) is 36.4 Å². The third-order valence-corrected chi connectivity index (χ3v) is 4.79. The molecule has 3 aromatic rings. The Hall–Kier alpha value is -2.57. The number of hydrogen-bond donors (Lipinski definition) is 1. The van der Waals surface area contributed by atoms with Gasteiger partial charge in [0.1, 0.15) is 11.6 Å². The quantitative estimate of drug-likeness (QED) is 0.554. The molecular weight excluding hydrogens is 346 g/mol. The van der Waals surface area contributed by atoms with Crippen molar-refractivity contribution in [3.8, 4) is 0 Å². The van der Waals surface area contributed by atoms with Crippen molar-refractivity contribution < 1.29 is 21.8 Å². The molecule has 0 aliphatic heterocycles. The predicted molar refractivity (Wildman–Crippen MR) is 90.0 cm³/mol. The van der Waals surface area contributed by atoms with Crippen molar-refractivity contribution in [2.24, 2.45) is 0 Å². The van der Waals surface area contributed by atoms with Gasteiger partial charge in [-0.25, -0.2) is 8.78 Å². The third kappa shape index (κ3) is 3.92. The fourth-order valence-electron chi connectivity index (χ4n) is 2.72. The lowest BCUT2D eigenvalue weighted by atomic mass is 9.85. The molecular formula is C19H14F2O3S. The number of rotatable bonds is 4. The Balaban J connectivity index is 2.10. The highest BCUT2D eigenvalue weighted by Gasteiger charge is 2.18. The summed E-state index contributed by atoms with van der Waals surface area (Å²) in [5.41, 5.74) is 2.27. The van der Waals surface area contributed by atoms with Crippen LogP contribution in [-0.4, -0.2) is 13.0 Å². The molecule has 25 heavy (non-hydrogen) atoms. The van der Waals surface area contributed by atoms with Gasteiger partial charge >= 0.3 is 0 Å². The lowest BCUT2D eigenvalue weighted by Gasteiger charge is -2.19. The zero-order valence-corrected chi connectivity index (χ0v) is 13.7. The van der Waals surface area contributed by atoms with E-state index in [2.05, 4.69) is 0 Å². The molecule has 0 radical (unpaired) electrons. The van der Waals surface area contributed by atoms with Crippen molar-refractivity contribution in [3.63, 3.8) is 0 Å². The van der Waals surface area contributed by atoms with Crippen LogP contribution in [0, 0.1) is 11.6 Å². The van der Waals surface area contributed by atoms with E-state index in [4.69, 9.17) is 4.55 Å². The van der Waals surface area contributed by atoms with Crippen LogP contribution in [0.1, 0.15) is 22.6 Å². The molecule has 0 aliphatic carbocycles. The summed E-state index contributed by atoms with van der Waals surface area (Å²) in [6.45, 7) is 0. The molecule has 3 aromatic carbocycles. The number of benzene rings is 3. The maximum Gasteiger partial charge on any atom is 0.294 e. The molecule has 6 heteroatoms. The summed E-state index contributed by atoms with van der Waals surface area (Å²) in [4.78, 5) is -0.215. The summed E-state index contributed by atoms with van der Waals surface area (Å²) in [5.74, 6) is -1.08. The highest BCUT2D eigenvalue weighted by atomic mass is 32.2. The average Bonchev–Trinajstić information content (AvgIpc) is 2.58. The lowest BCUT2D eigenvalue weighted by molar-refractivity contribution is 0.483. The smallest absolute Gasteiger partial charge is 0.282 e. The minimum absolute atomic E-state index is 0.215. The van der Waals surface area contributed by atoms with Gasteiger partial charge in [-0.15, -0.1) is 0 Å². The number of halogens is 2. The molecule has 1 N–H and O–H groups in total. The molecule has 0 amide bonds. The molecule has 0 atom stereocenters. The second kappa shape index (κ2) is 6.74. The molecule has 3 nitrogen and oxygen atoms in total. The number of hydrogen-bond acceptors (Lipinski definition) is 2. The van der Waals surface area contributed by atoms with Crippen molar-refractivity contribution in [3.05, 3.63) is 101 Å². The van der Waals surface area contributed by atoms with Crippen LogP contribution in [0.15, 0.2) is 77.7 Å². The topological polar surface area (TPSA) is 54.4 Å². The largest absolute Gasteiger partial charge is 0.294 e. The Morgan fingerprint density at radius 3 is 1.28 bits per heavy atom. The summed E-state index contributed by atoms with van der Waals surface area (Å²) in [6, 6.07) is 17.6. The van der Waals surface area contributed by atoms with Crippen LogP contribution in [0.3, 0.4) is 0 Å². The molecule has 128 valence electrons. The first-order chi connectivity index (χ1) is 11.8. The first-order valence-corrected chi connectivity index (χ1v) is 8.87. The van der Waals surface area contributed by atoms with Crippen LogP contribution in [0.4, 0.5) is 8.78 Å². The van der Waals surface area contributed by atoms with Crippen molar-refractivity contribution in [2.45, 2.75) is 10.8 Å². The van der Waals surface area contributed by atoms with Crippen LogP contribution in [0.25, 0.3) is 0 Å². The maximum atomic E-state index is 13.2. The fraction of sp³-hybridized carbons (Fsp3) is 0.0526. The summed E-state index contributed by atoms with van der Waals surface area (Å²) in [6.07, 6.45) is 0. The van der Waals surface area contributed by atoms with E-state index in [9.17, 15) is 17.2 Å². The Bertz CT molecular complexity index is 919. The summed E-state index contributed by atoms with van der Waals surface area (Å²) < 4.78 is 58.0. The summed E-state index contributed by atoms with van der Waals surface area (Å²) in [7, 11) is -4.28. The summed E-state index contributed by atoms with van der Waals surface area (Å²) in [5, 5.41) is 0. The van der Waals surface area contributed by atoms with Crippen molar-refractivity contribution in [1.82, 2.24) is 0 Å². The van der Waals surface area contributed by atoms with Gasteiger partial charge in [-0.2, -0.15) is 8.42 Å².